The van der Waals surface area contributed by atoms with Crippen LogP contribution < -0.4 is 5.32 Å². The third-order valence-corrected chi connectivity index (χ3v) is 4.15. The molecule has 3 rings (SSSR count). The van der Waals surface area contributed by atoms with Gasteiger partial charge in [0.25, 0.3) is 0 Å². The number of nitrogens with zero attached hydrogens (tertiary/aromatic N) is 1. The molecule has 0 saturated carbocycles. The summed E-state index contributed by atoms with van der Waals surface area (Å²) in [5.74, 6) is -1.01. The molecule has 23 heavy (non-hydrogen) atoms. The van der Waals surface area contributed by atoms with Crippen molar-refractivity contribution in [3.8, 4) is 0 Å². The average Bonchev–Trinajstić information content (AvgIpc) is 2.96. The highest BCUT2D eigenvalue weighted by Crippen LogP contribution is 2.34. The van der Waals surface area contributed by atoms with E-state index in [4.69, 9.17) is 4.52 Å². The van der Waals surface area contributed by atoms with Gasteiger partial charge in [0.15, 0.2) is 5.58 Å². The molecule has 0 spiro atoms. The van der Waals surface area contributed by atoms with E-state index in [-0.39, 0.29) is 11.8 Å². The van der Waals surface area contributed by atoms with Gasteiger partial charge in [-0.25, -0.2) is 0 Å². The molecule has 1 N–H and O–H groups in total. The topological polar surface area (TPSA) is 72.2 Å². The van der Waals surface area contributed by atoms with Crippen LogP contribution in [-0.4, -0.2) is 17.0 Å². The molecule has 5 nitrogen and oxygen atoms in total. The maximum Gasteiger partial charge on any atom is 0.235 e. The molecule has 1 fully saturated rings. The number of benzene rings is 1. The second-order valence-electron chi connectivity index (χ2n) is 5.53. The van der Waals surface area contributed by atoms with Crippen LogP contribution in [0.15, 0.2) is 35.4 Å². The van der Waals surface area contributed by atoms with Crippen LogP contribution in [0, 0.1) is 0 Å². The molecule has 2 heterocycles. The predicted molar refractivity (Wildman–Crippen MR) is 87.7 cm³/mol. The molecule has 1 atom stereocenters. The molecule has 1 saturated heterocycles. The monoisotopic (exact) mass is 310 g/mol. The van der Waals surface area contributed by atoms with E-state index in [1.165, 1.54) is 0 Å². The van der Waals surface area contributed by atoms with Crippen molar-refractivity contribution in [1.29, 1.82) is 0 Å². The van der Waals surface area contributed by atoms with E-state index in [0.717, 1.165) is 22.9 Å². The lowest BCUT2D eigenvalue weighted by Crippen LogP contribution is -2.39. The van der Waals surface area contributed by atoms with E-state index in [0.29, 0.717) is 24.1 Å². The first-order valence-electron chi connectivity index (χ1n) is 7.69. The van der Waals surface area contributed by atoms with Crippen molar-refractivity contribution < 1.29 is 14.1 Å². The van der Waals surface area contributed by atoms with Gasteiger partial charge in [0.1, 0.15) is 5.69 Å². The first-order valence-corrected chi connectivity index (χ1v) is 7.69. The second-order valence-corrected chi connectivity index (χ2v) is 5.53. The van der Waals surface area contributed by atoms with Crippen molar-refractivity contribution in [2.24, 2.45) is 0 Å². The lowest BCUT2D eigenvalue weighted by Gasteiger charge is -2.19. The van der Waals surface area contributed by atoms with Gasteiger partial charge in [-0.2, -0.15) is 0 Å². The molecular formula is C18H18N2O3. The van der Waals surface area contributed by atoms with Crippen molar-refractivity contribution in [2.75, 3.05) is 0 Å². The Kier molecular flexibility index (Phi) is 4.10. The maximum absolute atomic E-state index is 12.2. The van der Waals surface area contributed by atoms with Crippen molar-refractivity contribution in [3.63, 3.8) is 0 Å². The Hall–Kier alpha value is -2.69. The van der Waals surface area contributed by atoms with Crippen LogP contribution in [0.4, 0.5) is 0 Å². The summed E-state index contributed by atoms with van der Waals surface area (Å²) in [5.41, 5.74) is 3.38. The number of imide groups is 1. The maximum atomic E-state index is 12.2. The number of aryl methyl sites for hydroxylation is 1. The largest absolute Gasteiger partial charge is 0.356 e. The fraction of sp³-hybridized carbons (Fsp3) is 0.278. The van der Waals surface area contributed by atoms with Gasteiger partial charge in [0, 0.05) is 6.42 Å². The Morgan fingerprint density at radius 1 is 1.43 bits per heavy atom. The third kappa shape index (κ3) is 2.70. The highest BCUT2D eigenvalue weighted by molar-refractivity contribution is 6.03. The summed E-state index contributed by atoms with van der Waals surface area (Å²) in [5, 5.41) is 7.36. The molecule has 1 aromatic heterocycles. The van der Waals surface area contributed by atoms with Crippen LogP contribution in [0.1, 0.15) is 42.5 Å². The number of carbonyl (C=O) groups excluding carboxylic acids is 2. The molecule has 1 aliphatic rings. The van der Waals surface area contributed by atoms with E-state index in [9.17, 15) is 9.59 Å². The fourth-order valence-electron chi connectivity index (χ4n) is 2.98. The number of piperidine rings is 1. The molecule has 5 heteroatoms. The Bertz CT molecular complexity index is 817. The zero-order chi connectivity index (χ0) is 16.4. The summed E-state index contributed by atoms with van der Waals surface area (Å²) in [6.07, 6.45) is 7.14. The van der Waals surface area contributed by atoms with E-state index in [2.05, 4.69) is 24.0 Å². The summed E-state index contributed by atoms with van der Waals surface area (Å²) >= 11 is 0. The zero-order valence-electron chi connectivity index (χ0n) is 13.0. The zero-order valence-corrected chi connectivity index (χ0v) is 13.0. The molecule has 0 aliphatic carbocycles. The number of carbonyl (C=O) groups is 2. The molecule has 1 unspecified atom stereocenters. The average molecular weight is 310 g/mol. The molecule has 1 aliphatic heterocycles. The molecule has 2 amide bonds. The number of nitrogens with one attached hydrogen (secondary N) is 1. The van der Waals surface area contributed by atoms with Gasteiger partial charge >= 0.3 is 0 Å². The minimum Gasteiger partial charge on any atom is -0.356 e. The van der Waals surface area contributed by atoms with Crippen molar-refractivity contribution in [1.82, 2.24) is 10.5 Å². The first kappa shape index (κ1) is 15.2. The number of rotatable bonds is 4. The van der Waals surface area contributed by atoms with Crippen molar-refractivity contribution in [3.05, 3.63) is 47.7 Å². The van der Waals surface area contributed by atoms with Crippen LogP contribution >= 0.6 is 0 Å². The number of allylic oxidation sites excluding steroid dienone is 2. The minimum atomic E-state index is -0.461. The number of amides is 2. The summed E-state index contributed by atoms with van der Waals surface area (Å²) in [6.45, 7) is 5.78. The van der Waals surface area contributed by atoms with Gasteiger partial charge in [0.05, 0.1) is 11.3 Å². The lowest BCUT2D eigenvalue weighted by molar-refractivity contribution is -0.134. The quantitative estimate of drug-likeness (QED) is 0.695. The third-order valence-electron chi connectivity index (χ3n) is 4.15. The number of aromatic nitrogens is 1. The molecule has 2 aromatic rings. The standard InChI is InChI=1S/C18H18N2O3/c1-3-5-6-12-11(4-2)7-9-14-16(12)17(20-23-14)13-8-10-15(21)19-18(13)22/h3,5-7,9,13H,1,4,8,10H2,2H3,(H,19,21,22)/b6-5-. The van der Waals surface area contributed by atoms with Gasteiger partial charge < -0.3 is 4.52 Å². The Morgan fingerprint density at radius 3 is 2.96 bits per heavy atom. The van der Waals surface area contributed by atoms with Crippen LogP contribution in [0.5, 0.6) is 0 Å². The van der Waals surface area contributed by atoms with E-state index in [1.54, 1.807) is 6.08 Å². The minimum absolute atomic E-state index is 0.236. The molecule has 0 radical (unpaired) electrons. The fourth-order valence-corrected chi connectivity index (χ4v) is 2.98. The van der Waals surface area contributed by atoms with Crippen molar-refractivity contribution in [2.45, 2.75) is 32.1 Å². The predicted octanol–water partition coefficient (Wildman–Crippen LogP) is 3.11. The van der Waals surface area contributed by atoms with Gasteiger partial charge in [-0.3, -0.25) is 14.9 Å². The summed E-state index contributed by atoms with van der Waals surface area (Å²) in [7, 11) is 0. The normalized spacial score (nSPS) is 18.6. The number of fused-ring (bicyclic) bond motifs is 1. The smallest absolute Gasteiger partial charge is 0.235 e. The summed E-state index contributed by atoms with van der Waals surface area (Å²) in [4.78, 5) is 23.5. The summed E-state index contributed by atoms with van der Waals surface area (Å²) < 4.78 is 5.42. The van der Waals surface area contributed by atoms with Crippen molar-refractivity contribution >= 4 is 28.9 Å². The van der Waals surface area contributed by atoms with Crippen LogP contribution in [0.3, 0.4) is 0 Å². The van der Waals surface area contributed by atoms with E-state index >= 15 is 0 Å². The van der Waals surface area contributed by atoms with Gasteiger partial charge in [0.2, 0.25) is 11.8 Å². The molecule has 118 valence electrons. The van der Waals surface area contributed by atoms with Gasteiger partial charge in [-0.05, 0) is 30.0 Å². The van der Waals surface area contributed by atoms with Gasteiger partial charge in [-0.1, -0.05) is 43.0 Å². The molecule has 0 bridgehead atoms. The van der Waals surface area contributed by atoms with E-state index in [1.807, 2.05) is 24.3 Å². The van der Waals surface area contributed by atoms with E-state index < -0.39 is 5.92 Å². The second kappa shape index (κ2) is 6.20. The van der Waals surface area contributed by atoms with Gasteiger partial charge in [-0.15, -0.1) is 0 Å². The first-order chi connectivity index (χ1) is 11.2. The number of hydrogen-bond donors (Lipinski definition) is 1. The Balaban J connectivity index is 2.18. The molecule has 1 aromatic carbocycles. The SMILES string of the molecule is C=C/C=C\c1c(CC)ccc2onc(C3CCC(=O)NC3=O)c12. The highest BCUT2D eigenvalue weighted by atomic mass is 16.5. The Morgan fingerprint density at radius 2 is 2.26 bits per heavy atom. The van der Waals surface area contributed by atoms with Crippen LogP contribution in [0.25, 0.3) is 17.0 Å². The van der Waals surface area contributed by atoms with Crippen LogP contribution in [0.2, 0.25) is 0 Å². The lowest BCUT2D eigenvalue weighted by atomic mass is 9.89. The highest BCUT2D eigenvalue weighted by Gasteiger charge is 2.32. The van der Waals surface area contributed by atoms with Crippen LogP contribution in [-0.2, 0) is 16.0 Å². The Labute approximate surface area is 134 Å². The summed E-state index contributed by atoms with van der Waals surface area (Å²) in [6, 6.07) is 3.88. The number of hydrogen-bond acceptors (Lipinski definition) is 4. The molecular weight excluding hydrogens is 292 g/mol.